The van der Waals surface area contributed by atoms with Crippen molar-refractivity contribution in [2.24, 2.45) is 32.9 Å². The third-order valence-electron chi connectivity index (χ3n) is 1.28. The smallest absolute Gasteiger partial charge is 0.203 e. The maximum absolute atomic E-state index is 11.4. The van der Waals surface area contributed by atoms with Crippen molar-refractivity contribution in [1.82, 2.24) is 0 Å². The Balaban J connectivity index is -0.00000112. The van der Waals surface area contributed by atoms with Gasteiger partial charge < -0.3 is 22.9 Å². The number of nitrogens with zero attached hydrogens (tertiary/aromatic N) is 2. The van der Waals surface area contributed by atoms with Crippen LogP contribution in [0.5, 0.6) is 0 Å². The Morgan fingerprint density at radius 3 is 1.83 bits per heavy atom. The molecule has 0 saturated heterocycles. The van der Waals surface area contributed by atoms with Crippen molar-refractivity contribution in [1.29, 1.82) is 0 Å². The zero-order valence-electron chi connectivity index (χ0n) is 9.48. The van der Waals surface area contributed by atoms with Crippen LogP contribution in [0.1, 0.15) is 0 Å². The molecule has 0 amide bonds. The number of nitrogens with two attached hydrogens (primary N) is 4. The second-order valence-electron chi connectivity index (χ2n) is 2.70. The highest BCUT2D eigenvalue weighted by Crippen LogP contribution is 2.12. The molecule has 0 radical (unpaired) electrons. The summed E-state index contributed by atoms with van der Waals surface area (Å²) in [5, 5.41) is 0. The summed E-state index contributed by atoms with van der Waals surface area (Å²) >= 11 is 0. The number of aliphatic imine (C=N–C) groups is 2. The highest BCUT2D eigenvalue weighted by atomic mass is 79.9. The number of halogens is 2. The molecule has 0 aromatic carbocycles. The van der Waals surface area contributed by atoms with Gasteiger partial charge in [0.1, 0.15) is 0 Å². The van der Waals surface area contributed by atoms with Crippen molar-refractivity contribution in [3.63, 3.8) is 0 Å². The molecule has 0 atom stereocenters. The third kappa shape index (κ3) is 15.8. The molecule has 8 N–H and O–H groups in total. The van der Waals surface area contributed by atoms with E-state index in [9.17, 15) is 8.42 Å². The van der Waals surface area contributed by atoms with E-state index >= 15 is 0 Å². The number of hydrogen-bond acceptors (Lipinski definition) is 5. The van der Waals surface area contributed by atoms with Gasteiger partial charge in [-0.25, -0.2) is 8.42 Å². The molecular formula is C6H18Br2N6O2S2. The lowest BCUT2D eigenvalue weighted by molar-refractivity contribution is 0.610. The van der Waals surface area contributed by atoms with Crippen molar-refractivity contribution in [2.75, 3.05) is 24.6 Å². The van der Waals surface area contributed by atoms with E-state index in [0.717, 1.165) is 10.8 Å². The molecule has 0 saturated carbocycles. The maximum Gasteiger partial charge on any atom is 0.203 e. The molecule has 12 heteroatoms. The second-order valence-corrected chi connectivity index (χ2v) is 7.10. The Kier molecular flexibility index (Phi) is 15.1. The van der Waals surface area contributed by atoms with Gasteiger partial charge in [0.2, 0.25) is 8.87 Å². The van der Waals surface area contributed by atoms with Crippen molar-refractivity contribution in [2.45, 2.75) is 0 Å². The minimum absolute atomic E-state index is 0. The molecule has 0 rings (SSSR count). The summed E-state index contributed by atoms with van der Waals surface area (Å²) in [5.74, 6) is -0.00129. The van der Waals surface area contributed by atoms with Crippen molar-refractivity contribution in [3.05, 3.63) is 0 Å². The third-order valence-corrected chi connectivity index (χ3v) is 4.75. The number of guanidine groups is 2. The number of rotatable bonds is 7. The first-order chi connectivity index (χ1) is 7.33. The standard InChI is InChI=1S/C6H16N6O2S2.2BrH/c7-5(8)11-1-3-15-16(13,14)4-2-12-6(9)10;;/h1-4H2,(H4,7,8,11)(H4,9,10,12);2*1H. The lowest BCUT2D eigenvalue weighted by atomic mass is 10.8. The molecule has 0 aliphatic carbocycles. The monoisotopic (exact) mass is 428 g/mol. The van der Waals surface area contributed by atoms with Gasteiger partial charge in [0, 0.05) is 5.75 Å². The van der Waals surface area contributed by atoms with Crippen molar-refractivity contribution in [3.8, 4) is 0 Å². The number of hydrogen-bond donors (Lipinski definition) is 4. The summed E-state index contributed by atoms with van der Waals surface area (Å²) < 4.78 is 22.7. The van der Waals surface area contributed by atoms with Gasteiger partial charge >= 0.3 is 0 Å². The van der Waals surface area contributed by atoms with E-state index in [1.165, 1.54) is 0 Å². The summed E-state index contributed by atoms with van der Waals surface area (Å²) in [7, 11) is -2.45. The SMILES string of the molecule is Br.Br.NC(N)=NCCSS(=O)(=O)CCN=C(N)N. The van der Waals surface area contributed by atoms with E-state index in [-0.39, 0.29) is 64.7 Å². The molecule has 0 heterocycles. The van der Waals surface area contributed by atoms with E-state index in [0.29, 0.717) is 5.75 Å². The Morgan fingerprint density at radius 1 is 0.944 bits per heavy atom. The zero-order chi connectivity index (χ0) is 12.6. The van der Waals surface area contributed by atoms with Crippen LogP contribution in [-0.2, 0) is 8.87 Å². The molecule has 110 valence electrons. The molecule has 18 heavy (non-hydrogen) atoms. The van der Waals surface area contributed by atoms with Gasteiger partial charge in [0.25, 0.3) is 0 Å². The van der Waals surface area contributed by atoms with Gasteiger partial charge in [-0.15, -0.1) is 34.0 Å². The molecule has 0 aromatic heterocycles. The molecule has 0 spiro atoms. The van der Waals surface area contributed by atoms with Gasteiger partial charge in [0.05, 0.1) is 18.8 Å². The molecule has 8 nitrogen and oxygen atoms in total. The molecule has 0 unspecified atom stereocenters. The topological polar surface area (TPSA) is 163 Å². The molecule has 0 aliphatic rings. The van der Waals surface area contributed by atoms with Crippen LogP contribution in [0.25, 0.3) is 0 Å². The highest BCUT2D eigenvalue weighted by Gasteiger charge is 2.10. The van der Waals surface area contributed by atoms with Gasteiger partial charge in [-0.2, -0.15) is 0 Å². The van der Waals surface area contributed by atoms with Crippen LogP contribution in [0.2, 0.25) is 0 Å². The minimum Gasteiger partial charge on any atom is -0.370 e. The van der Waals surface area contributed by atoms with Crippen LogP contribution in [0.3, 0.4) is 0 Å². The minimum atomic E-state index is -3.23. The van der Waals surface area contributed by atoms with E-state index in [2.05, 4.69) is 9.98 Å². The van der Waals surface area contributed by atoms with E-state index in [4.69, 9.17) is 22.9 Å². The van der Waals surface area contributed by atoms with Crippen LogP contribution >= 0.6 is 44.8 Å². The predicted octanol–water partition coefficient (Wildman–Crippen LogP) is -1.25. The fourth-order valence-electron chi connectivity index (χ4n) is 0.684. The van der Waals surface area contributed by atoms with Crippen molar-refractivity contribution >= 4 is 65.5 Å². The predicted molar refractivity (Wildman–Crippen MR) is 88.2 cm³/mol. The summed E-state index contributed by atoms with van der Waals surface area (Å²) in [4.78, 5) is 7.23. The Labute approximate surface area is 131 Å². The lowest BCUT2D eigenvalue weighted by Gasteiger charge is -2.00. The molecule has 0 aromatic rings. The van der Waals surface area contributed by atoms with Gasteiger partial charge in [-0.1, -0.05) is 0 Å². The van der Waals surface area contributed by atoms with Gasteiger partial charge in [-0.05, 0) is 10.8 Å². The fraction of sp³-hybridized carbons (Fsp3) is 0.667. The Bertz CT molecular complexity index is 364. The Morgan fingerprint density at radius 2 is 1.39 bits per heavy atom. The Hall–Kier alpha value is -0.200. The summed E-state index contributed by atoms with van der Waals surface area (Å²) in [6.07, 6.45) is 0. The average Bonchev–Trinajstić information content (AvgIpc) is 2.11. The fourth-order valence-corrected chi connectivity index (χ4v) is 3.10. The van der Waals surface area contributed by atoms with Crippen molar-refractivity contribution < 1.29 is 8.42 Å². The summed E-state index contributed by atoms with van der Waals surface area (Å²) in [5.41, 5.74) is 20.3. The van der Waals surface area contributed by atoms with E-state index in [1.807, 2.05) is 0 Å². The largest absolute Gasteiger partial charge is 0.370 e. The lowest BCUT2D eigenvalue weighted by Crippen LogP contribution is -2.24. The van der Waals surface area contributed by atoms with Crippen LogP contribution in [0.15, 0.2) is 9.98 Å². The highest BCUT2D eigenvalue weighted by molar-refractivity contribution is 8.93. The zero-order valence-corrected chi connectivity index (χ0v) is 14.5. The first kappa shape index (κ1) is 22.9. The van der Waals surface area contributed by atoms with Crippen LogP contribution < -0.4 is 22.9 Å². The van der Waals surface area contributed by atoms with Crippen LogP contribution in [-0.4, -0.2) is 44.9 Å². The van der Waals surface area contributed by atoms with Gasteiger partial charge in [-0.3, -0.25) is 9.98 Å². The van der Waals surface area contributed by atoms with Crippen LogP contribution in [0, 0.1) is 0 Å². The second kappa shape index (κ2) is 11.9. The molecule has 0 bridgehead atoms. The molecule has 0 aliphatic heterocycles. The normalized spacial score (nSPS) is 9.56. The van der Waals surface area contributed by atoms with Gasteiger partial charge in [0.15, 0.2) is 11.9 Å². The van der Waals surface area contributed by atoms with E-state index in [1.54, 1.807) is 0 Å². The molecule has 0 fully saturated rings. The first-order valence-corrected chi connectivity index (χ1v) is 7.47. The first-order valence-electron chi connectivity index (χ1n) is 4.31. The van der Waals surface area contributed by atoms with Crippen LogP contribution in [0.4, 0.5) is 0 Å². The quantitative estimate of drug-likeness (QED) is 0.170. The summed E-state index contributed by atoms with van der Waals surface area (Å²) in [6, 6.07) is 0. The summed E-state index contributed by atoms with van der Waals surface area (Å²) in [6.45, 7) is 0.314. The van der Waals surface area contributed by atoms with E-state index < -0.39 is 8.87 Å². The molecular weight excluding hydrogens is 412 g/mol. The average molecular weight is 430 g/mol. The maximum atomic E-state index is 11.4.